The third-order valence-electron chi connectivity index (χ3n) is 4.31. The van der Waals surface area contributed by atoms with Crippen LogP contribution in [0.4, 0.5) is 18.9 Å². The third-order valence-corrected chi connectivity index (χ3v) is 4.31. The third kappa shape index (κ3) is 4.93. The first kappa shape index (κ1) is 19.2. The zero-order chi connectivity index (χ0) is 18.6. The summed E-state index contributed by atoms with van der Waals surface area (Å²) in [6.07, 6.45) is -3.06. The van der Waals surface area contributed by atoms with Crippen molar-refractivity contribution in [1.29, 1.82) is 0 Å². The van der Waals surface area contributed by atoms with Crippen LogP contribution in [-0.4, -0.2) is 37.4 Å². The van der Waals surface area contributed by atoms with Gasteiger partial charge in [0.05, 0.1) is 23.7 Å². The van der Waals surface area contributed by atoms with Crippen molar-refractivity contribution >= 4 is 17.4 Å². The normalized spacial score (nSPS) is 17.1. The molecule has 1 aliphatic rings. The van der Waals surface area contributed by atoms with Gasteiger partial charge in [0.1, 0.15) is 0 Å². The topological polar surface area (TPSA) is 110 Å². The van der Waals surface area contributed by atoms with Crippen molar-refractivity contribution in [3.63, 3.8) is 0 Å². The molecule has 0 spiro atoms. The van der Waals surface area contributed by atoms with Crippen LogP contribution in [0.5, 0.6) is 0 Å². The van der Waals surface area contributed by atoms with Crippen molar-refractivity contribution in [3.8, 4) is 0 Å². The molecule has 1 atom stereocenters. The van der Waals surface area contributed by atoms with Crippen LogP contribution >= 0.6 is 0 Å². The van der Waals surface area contributed by atoms with Crippen LogP contribution in [0.15, 0.2) is 18.2 Å². The summed E-state index contributed by atoms with van der Waals surface area (Å²) in [6.45, 7) is 1.21. The molecule has 1 aliphatic heterocycles. The maximum absolute atomic E-state index is 12.7. The number of piperidine rings is 1. The molecule has 1 fully saturated rings. The average molecular weight is 358 g/mol. The lowest BCUT2D eigenvalue weighted by molar-refractivity contribution is -0.137. The van der Waals surface area contributed by atoms with Gasteiger partial charge in [-0.05, 0) is 50.0 Å². The lowest BCUT2D eigenvalue weighted by Gasteiger charge is -2.27. The molecule has 1 unspecified atom stereocenters. The Kier molecular flexibility index (Phi) is 6.02. The van der Waals surface area contributed by atoms with Crippen molar-refractivity contribution in [2.24, 2.45) is 11.7 Å². The number of rotatable bonds is 5. The molecule has 0 saturated carbocycles. The standard InChI is InChI=1S/C16H21F3N4O2/c17-16(18,19)10-1-2-12(20)11(7-10)15(25)23-8-13(24)14(21)9-3-5-22-6-4-9/h1-2,7,9,14,22H,3-6,8,20-21H2,(H,23,25). The number of hydrogen-bond donors (Lipinski definition) is 4. The Balaban J connectivity index is 1.99. The summed E-state index contributed by atoms with van der Waals surface area (Å²) in [5.41, 5.74) is 10.1. The smallest absolute Gasteiger partial charge is 0.398 e. The van der Waals surface area contributed by atoms with Crippen molar-refractivity contribution < 1.29 is 22.8 Å². The van der Waals surface area contributed by atoms with Gasteiger partial charge in [0.25, 0.3) is 5.91 Å². The SMILES string of the molecule is Nc1ccc(C(F)(F)F)cc1C(=O)NCC(=O)C(N)C1CCNCC1. The number of carbonyl (C=O) groups excluding carboxylic acids is 2. The number of halogens is 3. The fraction of sp³-hybridized carbons (Fsp3) is 0.500. The zero-order valence-corrected chi connectivity index (χ0v) is 13.5. The van der Waals surface area contributed by atoms with E-state index >= 15 is 0 Å². The van der Waals surface area contributed by atoms with Crippen molar-refractivity contribution in [2.75, 3.05) is 25.4 Å². The second-order valence-corrected chi connectivity index (χ2v) is 6.06. The van der Waals surface area contributed by atoms with Gasteiger partial charge in [-0.1, -0.05) is 0 Å². The quantitative estimate of drug-likeness (QED) is 0.585. The van der Waals surface area contributed by atoms with Gasteiger partial charge >= 0.3 is 6.18 Å². The van der Waals surface area contributed by atoms with Crippen molar-refractivity contribution in [1.82, 2.24) is 10.6 Å². The Morgan fingerprint density at radius 1 is 1.28 bits per heavy atom. The first-order valence-electron chi connectivity index (χ1n) is 7.94. The minimum atomic E-state index is -4.59. The van der Waals surface area contributed by atoms with Gasteiger partial charge in [0.2, 0.25) is 0 Å². The molecular weight excluding hydrogens is 337 g/mol. The average Bonchev–Trinajstić information content (AvgIpc) is 2.58. The molecule has 6 nitrogen and oxygen atoms in total. The minimum absolute atomic E-state index is 0.0317. The highest BCUT2D eigenvalue weighted by Crippen LogP contribution is 2.31. The van der Waals surface area contributed by atoms with Crippen LogP contribution in [-0.2, 0) is 11.0 Å². The first-order chi connectivity index (χ1) is 11.7. The first-order valence-corrected chi connectivity index (χ1v) is 7.94. The number of alkyl halides is 3. The highest BCUT2D eigenvalue weighted by atomic mass is 19.4. The Hall–Kier alpha value is -2.13. The number of carbonyl (C=O) groups is 2. The maximum Gasteiger partial charge on any atom is 0.416 e. The van der Waals surface area contributed by atoms with Crippen LogP contribution in [0.1, 0.15) is 28.8 Å². The fourth-order valence-corrected chi connectivity index (χ4v) is 2.78. The molecule has 1 heterocycles. The van der Waals surface area contributed by atoms with Gasteiger partial charge in [0.15, 0.2) is 5.78 Å². The maximum atomic E-state index is 12.7. The molecule has 1 saturated heterocycles. The monoisotopic (exact) mass is 358 g/mol. The molecule has 0 bridgehead atoms. The number of anilines is 1. The van der Waals surface area contributed by atoms with Gasteiger partial charge in [0, 0.05) is 5.69 Å². The van der Waals surface area contributed by atoms with Gasteiger partial charge < -0.3 is 22.1 Å². The Labute approximate surface area is 143 Å². The van der Waals surface area contributed by atoms with Gasteiger partial charge in [-0.25, -0.2) is 0 Å². The minimum Gasteiger partial charge on any atom is -0.398 e. The van der Waals surface area contributed by atoms with Crippen molar-refractivity contribution in [3.05, 3.63) is 29.3 Å². The van der Waals surface area contributed by atoms with E-state index in [0.29, 0.717) is 6.07 Å². The summed E-state index contributed by atoms with van der Waals surface area (Å²) in [5, 5.41) is 5.47. The molecule has 1 amide bonds. The van der Waals surface area contributed by atoms with Gasteiger partial charge in [-0.3, -0.25) is 9.59 Å². The van der Waals surface area contributed by atoms with E-state index < -0.39 is 23.7 Å². The van der Waals surface area contributed by atoms with Crippen LogP contribution < -0.4 is 22.1 Å². The fourth-order valence-electron chi connectivity index (χ4n) is 2.78. The van der Waals surface area contributed by atoms with E-state index in [1.165, 1.54) is 0 Å². The highest BCUT2D eigenvalue weighted by Gasteiger charge is 2.32. The molecule has 0 aromatic heterocycles. The highest BCUT2D eigenvalue weighted by molar-refractivity contribution is 6.01. The number of nitrogens with two attached hydrogens (primary N) is 2. The number of nitrogens with one attached hydrogen (secondary N) is 2. The Morgan fingerprint density at radius 2 is 1.92 bits per heavy atom. The molecule has 0 radical (unpaired) electrons. The molecule has 138 valence electrons. The Bertz CT molecular complexity index is 643. The lowest BCUT2D eigenvalue weighted by atomic mass is 9.88. The summed E-state index contributed by atoms with van der Waals surface area (Å²) in [6, 6.07) is 1.77. The predicted octanol–water partition coefficient (Wildman–Crippen LogP) is 0.913. The van der Waals surface area contributed by atoms with Crippen LogP contribution in [0.2, 0.25) is 0 Å². The molecular formula is C16H21F3N4O2. The van der Waals surface area contributed by atoms with Crippen LogP contribution in [0.3, 0.4) is 0 Å². The number of hydrogen-bond acceptors (Lipinski definition) is 5. The second kappa shape index (κ2) is 7.83. The van der Waals surface area contributed by atoms with E-state index in [1.807, 2.05) is 0 Å². The van der Waals surface area contributed by atoms with Crippen LogP contribution in [0, 0.1) is 5.92 Å². The number of nitrogen functional groups attached to an aromatic ring is 1. The summed E-state index contributed by atoms with van der Waals surface area (Å²) in [7, 11) is 0. The second-order valence-electron chi connectivity index (χ2n) is 6.06. The summed E-state index contributed by atoms with van der Waals surface area (Å²) >= 11 is 0. The van der Waals surface area contributed by atoms with E-state index in [1.54, 1.807) is 0 Å². The van der Waals surface area contributed by atoms with Gasteiger partial charge in [-0.15, -0.1) is 0 Å². The molecule has 25 heavy (non-hydrogen) atoms. The van der Waals surface area contributed by atoms with E-state index in [4.69, 9.17) is 11.5 Å². The van der Waals surface area contributed by atoms with E-state index in [2.05, 4.69) is 10.6 Å². The lowest BCUT2D eigenvalue weighted by Crippen LogP contribution is -2.47. The largest absolute Gasteiger partial charge is 0.416 e. The summed E-state index contributed by atoms with van der Waals surface area (Å²) < 4.78 is 38.2. The molecule has 2 rings (SSSR count). The number of amides is 1. The molecule has 1 aromatic rings. The zero-order valence-electron chi connectivity index (χ0n) is 13.5. The Morgan fingerprint density at radius 3 is 2.52 bits per heavy atom. The number of Topliss-reactive ketones (excluding diaryl/α,β-unsaturated/α-hetero) is 1. The molecule has 6 N–H and O–H groups in total. The number of ketones is 1. The van der Waals surface area contributed by atoms with E-state index in [0.717, 1.165) is 38.1 Å². The van der Waals surface area contributed by atoms with Gasteiger partial charge in [-0.2, -0.15) is 13.2 Å². The van der Waals surface area contributed by atoms with Crippen LogP contribution in [0.25, 0.3) is 0 Å². The van der Waals surface area contributed by atoms with E-state index in [9.17, 15) is 22.8 Å². The summed E-state index contributed by atoms with van der Waals surface area (Å²) in [5.74, 6) is -1.16. The van der Waals surface area contributed by atoms with E-state index in [-0.39, 0.29) is 29.5 Å². The summed E-state index contributed by atoms with van der Waals surface area (Å²) in [4.78, 5) is 24.2. The molecule has 9 heteroatoms. The predicted molar refractivity (Wildman–Crippen MR) is 86.8 cm³/mol. The van der Waals surface area contributed by atoms with Crippen molar-refractivity contribution in [2.45, 2.75) is 25.1 Å². The molecule has 0 aliphatic carbocycles. The number of benzene rings is 1. The molecule has 1 aromatic carbocycles.